The summed E-state index contributed by atoms with van der Waals surface area (Å²) in [5.41, 5.74) is -1.21. The highest BCUT2D eigenvalue weighted by atomic mass is 16.6. The minimum atomic E-state index is -0.871. The zero-order valence-electron chi connectivity index (χ0n) is 11.6. The van der Waals surface area contributed by atoms with Crippen molar-refractivity contribution < 1.29 is 19.7 Å². The van der Waals surface area contributed by atoms with Crippen LogP contribution in [0.5, 0.6) is 0 Å². The molecule has 0 bridgehead atoms. The van der Waals surface area contributed by atoms with Crippen LogP contribution >= 0.6 is 0 Å². The third kappa shape index (κ3) is 1.69. The molecular formula is C15H22O4. The lowest BCUT2D eigenvalue weighted by Crippen LogP contribution is -2.46. The van der Waals surface area contributed by atoms with Crippen LogP contribution in [0.25, 0.3) is 0 Å². The minimum Gasteiger partial charge on any atom is -0.458 e. The lowest BCUT2D eigenvalue weighted by Gasteiger charge is -2.38. The molecule has 1 saturated heterocycles. The smallest absolute Gasteiger partial charge is 0.334 e. The Morgan fingerprint density at radius 1 is 1.32 bits per heavy atom. The van der Waals surface area contributed by atoms with E-state index in [2.05, 4.69) is 6.58 Å². The topological polar surface area (TPSA) is 66.8 Å². The first-order valence-electron chi connectivity index (χ1n) is 7.10. The lowest BCUT2D eigenvalue weighted by atomic mass is 9.74. The van der Waals surface area contributed by atoms with Crippen molar-refractivity contribution in [2.24, 2.45) is 17.8 Å². The van der Waals surface area contributed by atoms with Gasteiger partial charge in [-0.1, -0.05) is 13.5 Å². The van der Waals surface area contributed by atoms with E-state index in [0.717, 1.165) is 0 Å². The highest BCUT2D eigenvalue weighted by molar-refractivity contribution is 5.90. The predicted molar refractivity (Wildman–Crippen MR) is 69.2 cm³/mol. The molecule has 6 atom stereocenters. The van der Waals surface area contributed by atoms with Crippen molar-refractivity contribution in [3.63, 3.8) is 0 Å². The van der Waals surface area contributed by atoms with Crippen LogP contribution in [0.1, 0.15) is 39.5 Å². The molecule has 0 aromatic heterocycles. The average molecular weight is 266 g/mol. The molecule has 0 radical (unpaired) electrons. The number of carbonyl (C=O) groups is 1. The molecule has 3 aliphatic rings. The predicted octanol–water partition coefficient (Wildman–Crippen LogP) is 1.41. The second kappa shape index (κ2) is 3.83. The summed E-state index contributed by atoms with van der Waals surface area (Å²) in [6, 6.07) is 0. The summed E-state index contributed by atoms with van der Waals surface area (Å²) >= 11 is 0. The van der Waals surface area contributed by atoms with Gasteiger partial charge in [0.1, 0.15) is 6.10 Å². The van der Waals surface area contributed by atoms with Crippen molar-refractivity contribution in [1.29, 1.82) is 0 Å². The van der Waals surface area contributed by atoms with E-state index in [-0.39, 0.29) is 29.8 Å². The number of hydrogen-bond acceptors (Lipinski definition) is 4. The third-order valence-electron chi connectivity index (χ3n) is 5.73. The van der Waals surface area contributed by atoms with E-state index in [1.165, 1.54) is 0 Å². The number of carbonyl (C=O) groups excluding carboxylic acids is 1. The Bertz CT molecular complexity index is 441. The molecule has 1 heterocycles. The summed E-state index contributed by atoms with van der Waals surface area (Å²) in [5.74, 6) is -0.569. The van der Waals surface area contributed by atoms with Crippen LogP contribution < -0.4 is 0 Å². The number of esters is 1. The molecule has 3 rings (SSSR count). The molecule has 2 aliphatic carbocycles. The maximum absolute atomic E-state index is 11.6. The minimum absolute atomic E-state index is 0.0141. The Labute approximate surface area is 113 Å². The summed E-state index contributed by atoms with van der Waals surface area (Å²) in [7, 11) is 0. The van der Waals surface area contributed by atoms with E-state index in [1.807, 2.05) is 6.92 Å². The molecule has 0 spiro atoms. The molecule has 1 aliphatic heterocycles. The van der Waals surface area contributed by atoms with Gasteiger partial charge < -0.3 is 14.9 Å². The first kappa shape index (κ1) is 13.1. The van der Waals surface area contributed by atoms with Gasteiger partial charge in [-0.25, -0.2) is 4.79 Å². The van der Waals surface area contributed by atoms with Gasteiger partial charge in [-0.2, -0.15) is 0 Å². The second-order valence-electron chi connectivity index (χ2n) is 6.85. The van der Waals surface area contributed by atoms with Crippen LogP contribution in [0, 0.1) is 17.8 Å². The van der Waals surface area contributed by atoms with E-state index in [0.29, 0.717) is 31.3 Å². The normalized spacial score (nSPS) is 53.5. The lowest BCUT2D eigenvalue weighted by molar-refractivity contribution is -0.140. The number of rotatable bonds is 0. The van der Waals surface area contributed by atoms with E-state index < -0.39 is 11.2 Å². The van der Waals surface area contributed by atoms with Crippen molar-refractivity contribution in [1.82, 2.24) is 0 Å². The fraction of sp³-hybridized carbons (Fsp3) is 0.800. The van der Waals surface area contributed by atoms with Crippen molar-refractivity contribution in [3.05, 3.63) is 12.2 Å². The molecule has 4 nitrogen and oxygen atoms in total. The zero-order valence-corrected chi connectivity index (χ0v) is 11.6. The van der Waals surface area contributed by atoms with Crippen LogP contribution in [-0.4, -0.2) is 33.5 Å². The molecule has 106 valence electrons. The van der Waals surface area contributed by atoms with Crippen molar-refractivity contribution in [3.8, 4) is 0 Å². The molecule has 2 saturated carbocycles. The largest absolute Gasteiger partial charge is 0.458 e. The molecule has 3 fully saturated rings. The van der Waals surface area contributed by atoms with Gasteiger partial charge in [0.25, 0.3) is 0 Å². The Morgan fingerprint density at radius 3 is 2.68 bits per heavy atom. The average Bonchev–Trinajstić information content (AvgIpc) is 2.67. The highest BCUT2D eigenvalue weighted by Crippen LogP contribution is 2.55. The summed E-state index contributed by atoms with van der Waals surface area (Å²) in [5, 5.41) is 21.5. The maximum atomic E-state index is 11.6. The van der Waals surface area contributed by atoms with Gasteiger partial charge in [0.15, 0.2) is 0 Å². The molecule has 0 aromatic carbocycles. The van der Waals surface area contributed by atoms with Gasteiger partial charge in [-0.05, 0) is 38.5 Å². The van der Waals surface area contributed by atoms with Crippen molar-refractivity contribution in [2.75, 3.05) is 0 Å². The molecule has 0 amide bonds. The maximum Gasteiger partial charge on any atom is 0.334 e. The number of hydrogen-bond donors (Lipinski definition) is 2. The fourth-order valence-corrected chi connectivity index (χ4v) is 4.37. The van der Waals surface area contributed by atoms with Crippen LogP contribution in [0.4, 0.5) is 0 Å². The van der Waals surface area contributed by atoms with E-state index in [1.54, 1.807) is 6.92 Å². The van der Waals surface area contributed by atoms with Gasteiger partial charge in [0.05, 0.1) is 11.2 Å². The Hall–Kier alpha value is -0.870. The highest BCUT2D eigenvalue weighted by Gasteiger charge is 2.60. The molecule has 4 heteroatoms. The Balaban J connectivity index is 1.98. The van der Waals surface area contributed by atoms with E-state index in [4.69, 9.17) is 4.74 Å². The van der Waals surface area contributed by atoms with Crippen LogP contribution in [0.2, 0.25) is 0 Å². The number of fused-ring (bicyclic) bond motifs is 2. The SMILES string of the molecule is C=C1C(=O)O[C@H]2CC(C)[C@]3(O)CC[C@@](C)(O)[C@@H]3C[C@H]12. The monoisotopic (exact) mass is 266 g/mol. The summed E-state index contributed by atoms with van der Waals surface area (Å²) in [6.07, 6.45) is 2.28. The molecule has 2 N–H and O–H groups in total. The molecule has 0 aromatic rings. The van der Waals surface area contributed by atoms with Gasteiger partial charge in [0.2, 0.25) is 0 Å². The third-order valence-corrected chi connectivity index (χ3v) is 5.73. The Kier molecular flexibility index (Phi) is 2.64. The van der Waals surface area contributed by atoms with Gasteiger partial charge in [-0.3, -0.25) is 0 Å². The Morgan fingerprint density at radius 2 is 2.00 bits per heavy atom. The second-order valence-corrected chi connectivity index (χ2v) is 6.85. The molecule has 1 unspecified atom stereocenters. The van der Waals surface area contributed by atoms with E-state index in [9.17, 15) is 15.0 Å². The summed E-state index contributed by atoms with van der Waals surface area (Å²) < 4.78 is 5.38. The fourth-order valence-electron chi connectivity index (χ4n) is 4.37. The summed E-state index contributed by atoms with van der Waals surface area (Å²) in [4.78, 5) is 11.6. The number of ether oxygens (including phenoxy) is 1. The van der Waals surface area contributed by atoms with Crippen LogP contribution in [0.3, 0.4) is 0 Å². The standard InChI is InChI=1S/C15H22O4/c1-8-6-11-10(9(2)13(16)19-11)7-12-14(3,17)4-5-15(8,12)18/h8,10-12,17-18H,2,4-7H2,1,3H3/t8?,10-,11+,12+,14-,15-/m1/s1. The molecular weight excluding hydrogens is 244 g/mol. The first-order valence-corrected chi connectivity index (χ1v) is 7.10. The van der Waals surface area contributed by atoms with Crippen molar-refractivity contribution in [2.45, 2.75) is 56.8 Å². The van der Waals surface area contributed by atoms with Crippen LogP contribution in [-0.2, 0) is 9.53 Å². The van der Waals surface area contributed by atoms with Gasteiger partial charge >= 0.3 is 5.97 Å². The van der Waals surface area contributed by atoms with Crippen LogP contribution in [0.15, 0.2) is 12.2 Å². The van der Waals surface area contributed by atoms with Gasteiger partial charge in [0, 0.05) is 17.4 Å². The quantitative estimate of drug-likeness (QED) is 0.514. The number of aliphatic hydroxyl groups is 2. The van der Waals surface area contributed by atoms with Gasteiger partial charge in [-0.15, -0.1) is 0 Å². The molecule has 19 heavy (non-hydrogen) atoms. The first-order chi connectivity index (χ1) is 8.75. The van der Waals surface area contributed by atoms with E-state index >= 15 is 0 Å². The van der Waals surface area contributed by atoms with Crippen molar-refractivity contribution >= 4 is 5.97 Å². The summed E-state index contributed by atoms with van der Waals surface area (Å²) in [6.45, 7) is 7.62. The zero-order chi connectivity index (χ0) is 14.0.